The number of halogens is 1. The number of nitrogens with one attached hydrogen (secondary N) is 1. The minimum atomic E-state index is -0.523. The van der Waals surface area contributed by atoms with Crippen LogP contribution in [0.15, 0.2) is 64.7 Å². The van der Waals surface area contributed by atoms with Gasteiger partial charge in [-0.2, -0.15) is 5.10 Å². The van der Waals surface area contributed by atoms with Crippen molar-refractivity contribution in [2.24, 2.45) is 14.1 Å². The van der Waals surface area contributed by atoms with Gasteiger partial charge < -0.3 is 18.9 Å². The number of aromatic nitrogens is 5. The molecule has 0 atom stereocenters. The number of benzene rings is 1. The third kappa shape index (κ3) is 4.02. The first-order valence-corrected chi connectivity index (χ1v) is 11.5. The van der Waals surface area contributed by atoms with Crippen molar-refractivity contribution < 1.29 is 9.13 Å². The second-order valence-corrected chi connectivity index (χ2v) is 8.94. The van der Waals surface area contributed by atoms with Gasteiger partial charge in [-0.05, 0) is 31.0 Å². The number of fused-ring (bicyclic) bond motifs is 1. The summed E-state index contributed by atoms with van der Waals surface area (Å²) in [6.07, 6.45) is 6.72. The van der Waals surface area contributed by atoms with E-state index in [1.165, 1.54) is 19.9 Å². The highest BCUT2D eigenvalue weighted by atomic mass is 19.1. The van der Waals surface area contributed by atoms with E-state index < -0.39 is 6.67 Å². The van der Waals surface area contributed by atoms with Crippen molar-refractivity contribution in [1.82, 2.24) is 23.9 Å². The zero-order valence-electron chi connectivity index (χ0n) is 20.5. The summed E-state index contributed by atoms with van der Waals surface area (Å²) < 4.78 is 23.6. The Balaban J connectivity index is 1.73. The summed E-state index contributed by atoms with van der Waals surface area (Å²) in [5.41, 5.74) is 4.54. The van der Waals surface area contributed by atoms with E-state index in [1.54, 1.807) is 38.9 Å². The molecule has 0 aliphatic rings. The number of rotatable bonds is 6. The molecule has 0 aliphatic heterocycles. The Hall–Kier alpha value is -4.40. The molecule has 4 heterocycles. The van der Waals surface area contributed by atoms with Crippen LogP contribution in [-0.4, -0.2) is 30.6 Å². The standard InChI is InChI=1S/C27H26FN5O3/c1-16-6-5-7-17(2)26(16)36-23-15-31(3)24(34)11-19(23)21-14-32(4)27(35)25-20(21)10-22(30-25)18-12-29-33(13-18)9-8-28/h5-7,10-15,30H,8-9H2,1-4H3. The number of aromatic amines is 1. The minimum absolute atomic E-state index is 0.152. The molecule has 0 radical (unpaired) electrons. The molecule has 5 rings (SSSR count). The van der Waals surface area contributed by atoms with Crippen LogP contribution in [0.2, 0.25) is 0 Å². The Kier molecular flexibility index (Phi) is 5.83. The molecule has 0 amide bonds. The van der Waals surface area contributed by atoms with E-state index in [0.717, 1.165) is 16.7 Å². The third-order valence-electron chi connectivity index (χ3n) is 6.33. The quantitative estimate of drug-likeness (QED) is 0.383. The molecule has 0 fully saturated rings. The van der Waals surface area contributed by atoms with Gasteiger partial charge in [0, 0.05) is 60.3 Å². The van der Waals surface area contributed by atoms with Crippen molar-refractivity contribution in [3.05, 3.63) is 87.0 Å². The van der Waals surface area contributed by atoms with Crippen LogP contribution in [0, 0.1) is 13.8 Å². The van der Waals surface area contributed by atoms with E-state index in [0.29, 0.717) is 39.2 Å². The molecule has 0 saturated carbocycles. The molecule has 0 saturated heterocycles. The van der Waals surface area contributed by atoms with Gasteiger partial charge in [0.2, 0.25) is 0 Å². The van der Waals surface area contributed by atoms with Gasteiger partial charge in [0.25, 0.3) is 11.1 Å². The van der Waals surface area contributed by atoms with E-state index in [-0.39, 0.29) is 17.7 Å². The fourth-order valence-corrected chi connectivity index (χ4v) is 4.38. The van der Waals surface area contributed by atoms with E-state index >= 15 is 0 Å². The highest BCUT2D eigenvalue weighted by Crippen LogP contribution is 2.38. The number of hydrogen-bond acceptors (Lipinski definition) is 4. The molecule has 0 aliphatic carbocycles. The summed E-state index contributed by atoms with van der Waals surface area (Å²) in [5.74, 6) is 1.21. The maximum absolute atomic E-state index is 13.0. The van der Waals surface area contributed by atoms with E-state index in [4.69, 9.17) is 4.74 Å². The second kappa shape index (κ2) is 8.99. The Morgan fingerprint density at radius 2 is 1.75 bits per heavy atom. The number of para-hydroxylation sites is 1. The number of pyridine rings is 2. The van der Waals surface area contributed by atoms with E-state index in [9.17, 15) is 14.0 Å². The van der Waals surface area contributed by atoms with E-state index in [2.05, 4.69) is 10.1 Å². The van der Waals surface area contributed by atoms with Crippen LogP contribution in [0.4, 0.5) is 4.39 Å². The summed E-state index contributed by atoms with van der Waals surface area (Å²) in [7, 11) is 3.33. The molecule has 5 aromatic rings. The van der Waals surface area contributed by atoms with Gasteiger partial charge in [-0.15, -0.1) is 0 Å². The summed E-state index contributed by atoms with van der Waals surface area (Å²) >= 11 is 0. The molecule has 1 aromatic carbocycles. The van der Waals surface area contributed by atoms with Gasteiger partial charge in [-0.3, -0.25) is 14.3 Å². The largest absolute Gasteiger partial charge is 0.455 e. The van der Waals surface area contributed by atoms with Crippen LogP contribution in [0.25, 0.3) is 33.3 Å². The third-order valence-corrected chi connectivity index (χ3v) is 6.33. The minimum Gasteiger partial charge on any atom is -0.455 e. The van der Waals surface area contributed by atoms with Gasteiger partial charge in [0.1, 0.15) is 17.9 Å². The van der Waals surface area contributed by atoms with Crippen molar-refractivity contribution in [1.29, 1.82) is 0 Å². The molecule has 8 nitrogen and oxygen atoms in total. The van der Waals surface area contributed by atoms with Crippen molar-refractivity contribution in [3.63, 3.8) is 0 Å². The smallest absolute Gasteiger partial charge is 0.274 e. The summed E-state index contributed by atoms with van der Waals surface area (Å²) in [4.78, 5) is 28.9. The molecular weight excluding hydrogens is 461 g/mol. The summed E-state index contributed by atoms with van der Waals surface area (Å²) in [5, 5.41) is 4.83. The van der Waals surface area contributed by atoms with Crippen LogP contribution in [-0.2, 0) is 20.6 Å². The monoisotopic (exact) mass is 487 g/mol. The average molecular weight is 488 g/mol. The number of aryl methyl sites for hydroxylation is 5. The van der Waals surface area contributed by atoms with E-state index in [1.807, 2.05) is 38.1 Å². The first kappa shape index (κ1) is 23.3. The number of alkyl halides is 1. The SMILES string of the molecule is Cc1cccc(C)c1Oc1cn(C)c(=O)cc1-c1cn(C)c(=O)c2[nH]c(-c3cnn(CCF)c3)cc12. The van der Waals surface area contributed by atoms with Gasteiger partial charge in [0.15, 0.2) is 5.75 Å². The van der Waals surface area contributed by atoms with Crippen LogP contribution in [0.1, 0.15) is 11.1 Å². The van der Waals surface area contributed by atoms with Crippen molar-refractivity contribution in [2.75, 3.05) is 6.67 Å². The number of ether oxygens (including phenoxy) is 1. The first-order valence-electron chi connectivity index (χ1n) is 11.5. The predicted molar refractivity (Wildman–Crippen MR) is 137 cm³/mol. The molecule has 0 spiro atoms. The molecule has 184 valence electrons. The molecule has 1 N–H and O–H groups in total. The Bertz CT molecular complexity index is 1700. The maximum Gasteiger partial charge on any atom is 0.274 e. The van der Waals surface area contributed by atoms with Crippen molar-refractivity contribution >= 4 is 10.9 Å². The van der Waals surface area contributed by atoms with Crippen molar-refractivity contribution in [2.45, 2.75) is 20.4 Å². The second-order valence-electron chi connectivity index (χ2n) is 8.94. The molecule has 9 heteroatoms. The fourth-order valence-electron chi connectivity index (χ4n) is 4.38. The highest BCUT2D eigenvalue weighted by molar-refractivity contribution is 5.98. The highest BCUT2D eigenvalue weighted by Gasteiger charge is 2.19. The lowest BCUT2D eigenvalue weighted by atomic mass is 10.0. The zero-order valence-corrected chi connectivity index (χ0v) is 20.5. The van der Waals surface area contributed by atoms with Gasteiger partial charge in [-0.1, -0.05) is 18.2 Å². The average Bonchev–Trinajstić information content (AvgIpc) is 3.49. The van der Waals surface area contributed by atoms with Crippen LogP contribution in [0.3, 0.4) is 0 Å². The summed E-state index contributed by atoms with van der Waals surface area (Å²) in [6, 6.07) is 9.27. The Morgan fingerprint density at radius 1 is 1.00 bits per heavy atom. The van der Waals surface area contributed by atoms with Crippen LogP contribution >= 0.6 is 0 Å². The topological polar surface area (TPSA) is 86.8 Å². The van der Waals surface area contributed by atoms with Gasteiger partial charge >= 0.3 is 0 Å². The Labute approximate surface area is 206 Å². The van der Waals surface area contributed by atoms with Crippen LogP contribution in [0.5, 0.6) is 11.5 Å². The maximum atomic E-state index is 13.0. The molecule has 0 unspecified atom stereocenters. The zero-order chi connectivity index (χ0) is 25.6. The van der Waals surface area contributed by atoms with Gasteiger partial charge in [0.05, 0.1) is 18.9 Å². The lowest BCUT2D eigenvalue weighted by Crippen LogP contribution is -2.18. The molecule has 4 aromatic heterocycles. The molecular formula is C27H26FN5O3. The predicted octanol–water partition coefficient (Wildman–Crippen LogP) is 4.47. The lowest BCUT2D eigenvalue weighted by molar-refractivity contribution is 0.427. The van der Waals surface area contributed by atoms with Gasteiger partial charge in [-0.25, -0.2) is 4.39 Å². The number of nitrogens with zero attached hydrogens (tertiary/aromatic N) is 4. The fraction of sp³-hybridized carbons (Fsp3) is 0.222. The molecule has 0 bridgehead atoms. The van der Waals surface area contributed by atoms with Crippen LogP contribution < -0.4 is 15.9 Å². The lowest BCUT2D eigenvalue weighted by Gasteiger charge is -2.17. The normalized spacial score (nSPS) is 11.4. The number of hydrogen-bond donors (Lipinski definition) is 1. The Morgan fingerprint density at radius 3 is 2.47 bits per heavy atom. The molecule has 36 heavy (non-hydrogen) atoms. The first-order chi connectivity index (χ1) is 17.3. The summed E-state index contributed by atoms with van der Waals surface area (Å²) in [6.45, 7) is 3.57. The number of H-pyrrole nitrogens is 1. The van der Waals surface area contributed by atoms with Crippen molar-refractivity contribution in [3.8, 4) is 33.9 Å².